The molecule has 4 fully saturated rings. The van der Waals surface area contributed by atoms with Gasteiger partial charge in [0.15, 0.2) is 0 Å². The predicted molar refractivity (Wildman–Crippen MR) is 71.6 cm³/mol. The van der Waals surface area contributed by atoms with E-state index in [1.165, 1.54) is 0 Å². The maximum Gasteiger partial charge on any atom is 0.253 e. The molecule has 108 valence electrons. The van der Waals surface area contributed by atoms with Gasteiger partial charge in [0.2, 0.25) is 5.91 Å². The van der Waals surface area contributed by atoms with Gasteiger partial charge in [-0.15, -0.1) is 0 Å². The van der Waals surface area contributed by atoms with E-state index in [2.05, 4.69) is 5.32 Å². The molecule has 2 amide bonds. The van der Waals surface area contributed by atoms with Crippen LogP contribution < -0.4 is 5.32 Å². The summed E-state index contributed by atoms with van der Waals surface area (Å²) in [7, 11) is 0. The van der Waals surface area contributed by atoms with Gasteiger partial charge in [0.1, 0.15) is 11.1 Å². The fourth-order valence-corrected chi connectivity index (χ4v) is 4.81. The van der Waals surface area contributed by atoms with Crippen LogP contribution in [0.25, 0.3) is 0 Å². The molecule has 0 aromatic heterocycles. The highest BCUT2D eigenvalue weighted by Crippen LogP contribution is 2.57. The Morgan fingerprint density at radius 1 is 1.40 bits per heavy atom. The molecule has 0 saturated carbocycles. The van der Waals surface area contributed by atoms with Crippen LogP contribution in [0.5, 0.6) is 0 Å². The van der Waals surface area contributed by atoms with Crippen LogP contribution in [0, 0.1) is 11.3 Å². The van der Waals surface area contributed by atoms with E-state index in [0.717, 1.165) is 12.8 Å². The third kappa shape index (κ3) is 1.07. The Hall–Kier alpha value is -1.36. The summed E-state index contributed by atoms with van der Waals surface area (Å²) >= 11 is 0. The first-order chi connectivity index (χ1) is 9.34. The van der Waals surface area contributed by atoms with E-state index in [0.29, 0.717) is 13.0 Å². The average Bonchev–Trinajstić information content (AvgIpc) is 2.82. The summed E-state index contributed by atoms with van der Waals surface area (Å²) in [6.07, 6.45) is 5.12. The van der Waals surface area contributed by atoms with E-state index < -0.39 is 22.6 Å². The second-order valence-corrected chi connectivity index (χ2v) is 7.30. The van der Waals surface area contributed by atoms with Crippen LogP contribution in [0.2, 0.25) is 0 Å². The molecule has 3 unspecified atom stereocenters. The van der Waals surface area contributed by atoms with Crippen molar-refractivity contribution in [1.82, 2.24) is 10.2 Å². The van der Waals surface area contributed by atoms with Gasteiger partial charge in [-0.1, -0.05) is 26.0 Å². The first-order valence-corrected chi connectivity index (χ1v) is 7.37. The molecule has 5 rings (SSSR count). The average molecular weight is 276 g/mol. The monoisotopic (exact) mass is 276 g/mol. The number of aliphatic hydroxyl groups is 1. The summed E-state index contributed by atoms with van der Waals surface area (Å²) in [6.45, 7) is 4.66. The maximum absolute atomic E-state index is 12.9. The molecule has 4 atom stereocenters. The second-order valence-electron chi connectivity index (χ2n) is 7.30. The number of carbonyl (C=O) groups is 2. The van der Waals surface area contributed by atoms with Crippen molar-refractivity contribution >= 4 is 11.8 Å². The van der Waals surface area contributed by atoms with Gasteiger partial charge in [-0.25, -0.2) is 0 Å². The quantitative estimate of drug-likeness (QED) is 0.621. The summed E-state index contributed by atoms with van der Waals surface area (Å²) in [5, 5.41) is 13.3. The lowest BCUT2D eigenvalue weighted by Gasteiger charge is -2.63. The zero-order valence-corrected chi connectivity index (χ0v) is 11.8. The highest BCUT2D eigenvalue weighted by molar-refractivity contribution is 6.06. The first-order valence-electron chi connectivity index (χ1n) is 7.37. The lowest BCUT2D eigenvalue weighted by atomic mass is 9.53. The Bertz CT molecular complexity index is 555. The fourth-order valence-electron chi connectivity index (χ4n) is 4.81. The van der Waals surface area contributed by atoms with Crippen molar-refractivity contribution < 1.29 is 14.7 Å². The van der Waals surface area contributed by atoms with Crippen molar-refractivity contribution in [2.45, 2.75) is 50.3 Å². The van der Waals surface area contributed by atoms with Crippen molar-refractivity contribution in [3.8, 4) is 0 Å². The van der Waals surface area contributed by atoms with Crippen molar-refractivity contribution in [2.24, 2.45) is 11.3 Å². The number of nitrogens with zero attached hydrogens (tertiary/aromatic N) is 1. The van der Waals surface area contributed by atoms with E-state index in [-0.39, 0.29) is 17.7 Å². The Kier molecular flexibility index (Phi) is 2.03. The minimum Gasteiger partial charge on any atom is -0.388 e. The largest absolute Gasteiger partial charge is 0.388 e. The lowest BCUT2D eigenvalue weighted by molar-refractivity contribution is -0.180. The number of piperazine rings is 1. The van der Waals surface area contributed by atoms with Crippen molar-refractivity contribution in [3.05, 3.63) is 12.2 Å². The molecular weight excluding hydrogens is 256 g/mol. The van der Waals surface area contributed by atoms with E-state index in [9.17, 15) is 14.7 Å². The molecule has 5 heteroatoms. The van der Waals surface area contributed by atoms with Gasteiger partial charge in [-0.3, -0.25) is 9.59 Å². The van der Waals surface area contributed by atoms with Crippen LogP contribution in [0.1, 0.15) is 33.1 Å². The van der Waals surface area contributed by atoms with E-state index in [1.807, 2.05) is 13.8 Å². The van der Waals surface area contributed by atoms with Crippen LogP contribution in [0.3, 0.4) is 0 Å². The van der Waals surface area contributed by atoms with Crippen molar-refractivity contribution in [2.75, 3.05) is 6.54 Å². The van der Waals surface area contributed by atoms with Crippen molar-refractivity contribution in [3.63, 3.8) is 0 Å². The summed E-state index contributed by atoms with van der Waals surface area (Å²) in [6, 6.07) is 0. The van der Waals surface area contributed by atoms with Gasteiger partial charge in [0.05, 0.1) is 6.10 Å². The number of hydrogen-bond donors (Lipinski definition) is 2. The number of rotatable bonds is 0. The maximum atomic E-state index is 12.9. The molecule has 2 spiro atoms. The van der Waals surface area contributed by atoms with Gasteiger partial charge < -0.3 is 15.3 Å². The van der Waals surface area contributed by atoms with Gasteiger partial charge in [0.25, 0.3) is 5.91 Å². The van der Waals surface area contributed by atoms with Crippen LogP contribution >= 0.6 is 0 Å². The van der Waals surface area contributed by atoms with Gasteiger partial charge in [-0.05, 0) is 19.3 Å². The minimum absolute atomic E-state index is 0.0114. The van der Waals surface area contributed by atoms with Crippen LogP contribution in [0.15, 0.2) is 12.2 Å². The van der Waals surface area contributed by atoms with Crippen LogP contribution in [-0.4, -0.2) is 45.5 Å². The van der Waals surface area contributed by atoms with Gasteiger partial charge in [0, 0.05) is 17.9 Å². The summed E-state index contributed by atoms with van der Waals surface area (Å²) in [4.78, 5) is 27.3. The Morgan fingerprint density at radius 3 is 2.90 bits per heavy atom. The molecular formula is C15H20N2O3. The topological polar surface area (TPSA) is 69.6 Å². The summed E-state index contributed by atoms with van der Waals surface area (Å²) in [5.41, 5.74) is -2.02. The van der Waals surface area contributed by atoms with Crippen LogP contribution in [0.4, 0.5) is 0 Å². The zero-order valence-electron chi connectivity index (χ0n) is 11.8. The zero-order chi connectivity index (χ0) is 14.3. The Morgan fingerprint density at radius 2 is 2.15 bits per heavy atom. The number of amides is 2. The molecule has 4 aliphatic heterocycles. The standard InChI is InChI=1S/C15H20N2O3/c1-13(2)9-8-14-5-3-7-17(14)12(20)15(9,16-11(14)19)6-4-10(13)18/h4,6,9-10,18H,3,5,7-8H2,1-2H3,(H,16,19)/t9?,10?,14?,15-/m1/s1. The number of hydrogen-bond acceptors (Lipinski definition) is 3. The molecule has 1 aliphatic carbocycles. The third-order valence-electron chi connectivity index (χ3n) is 6.12. The summed E-state index contributed by atoms with van der Waals surface area (Å²) < 4.78 is 0. The Labute approximate surface area is 118 Å². The molecule has 5 nitrogen and oxygen atoms in total. The Balaban J connectivity index is 1.93. The normalized spacial score (nSPS) is 48.0. The second kappa shape index (κ2) is 3.27. The molecule has 0 aromatic carbocycles. The molecule has 0 radical (unpaired) electrons. The summed E-state index contributed by atoms with van der Waals surface area (Å²) in [5.74, 6) is -0.0423. The lowest BCUT2D eigenvalue weighted by Crippen LogP contribution is -2.83. The number of aliphatic hydroxyl groups excluding tert-OH is 1. The number of carbonyl (C=O) groups excluding carboxylic acids is 2. The fraction of sp³-hybridized carbons (Fsp3) is 0.733. The van der Waals surface area contributed by atoms with E-state index in [1.54, 1.807) is 17.1 Å². The molecule has 2 bridgehead atoms. The third-order valence-corrected chi connectivity index (χ3v) is 6.12. The van der Waals surface area contributed by atoms with Crippen molar-refractivity contribution in [1.29, 1.82) is 0 Å². The van der Waals surface area contributed by atoms with Crippen LogP contribution in [-0.2, 0) is 9.59 Å². The highest BCUT2D eigenvalue weighted by Gasteiger charge is 2.71. The highest BCUT2D eigenvalue weighted by atomic mass is 16.3. The van der Waals surface area contributed by atoms with Gasteiger partial charge >= 0.3 is 0 Å². The number of nitrogens with one attached hydrogen (secondary N) is 1. The molecule has 4 saturated heterocycles. The molecule has 20 heavy (non-hydrogen) atoms. The molecule has 0 aromatic rings. The smallest absolute Gasteiger partial charge is 0.253 e. The molecule has 4 heterocycles. The van der Waals surface area contributed by atoms with Gasteiger partial charge in [-0.2, -0.15) is 0 Å². The number of fused-ring (bicyclic) bond motifs is 1. The molecule has 2 N–H and O–H groups in total. The number of piperidine rings is 2. The van der Waals surface area contributed by atoms with E-state index in [4.69, 9.17) is 0 Å². The molecule has 5 aliphatic rings. The minimum atomic E-state index is -0.939. The van der Waals surface area contributed by atoms with E-state index >= 15 is 0 Å². The first kappa shape index (κ1) is 12.4. The predicted octanol–water partition coefficient (Wildman–Crippen LogP) is 0.193. The SMILES string of the molecule is CC1(C)C(O)C=C[C@]23NC(=O)C4(CCCN4C2=O)CC13.